The Morgan fingerprint density at radius 3 is 2.71 bits per heavy atom. The summed E-state index contributed by atoms with van der Waals surface area (Å²) in [5.74, 6) is 0. The summed E-state index contributed by atoms with van der Waals surface area (Å²) in [6.07, 6.45) is 2.41. The molecular formula is C12H18ClN. The molecule has 1 aromatic rings. The van der Waals surface area contributed by atoms with Crippen molar-refractivity contribution in [1.29, 1.82) is 0 Å². The van der Waals surface area contributed by atoms with Crippen molar-refractivity contribution in [3.63, 3.8) is 0 Å². The third kappa shape index (κ3) is 3.22. The highest BCUT2D eigenvalue weighted by molar-refractivity contribution is 6.30. The number of halogens is 1. The number of benzene rings is 1. The molecule has 0 saturated carbocycles. The van der Waals surface area contributed by atoms with Gasteiger partial charge in [-0.3, -0.25) is 0 Å². The lowest BCUT2D eigenvalue weighted by Crippen LogP contribution is -2.15. The molecule has 1 unspecified atom stereocenters. The van der Waals surface area contributed by atoms with Crippen molar-refractivity contribution < 1.29 is 0 Å². The first-order valence-corrected chi connectivity index (χ1v) is 5.54. The van der Waals surface area contributed by atoms with Gasteiger partial charge in [-0.05, 0) is 44.0 Å². The molecule has 1 rings (SSSR count). The van der Waals surface area contributed by atoms with Crippen LogP contribution >= 0.6 is 11.6 Å². The summed E-state index contributed by atoms with van der Waals surface area (Å²) < 4.78 is 0. The Morgan fingerprint density at radius 1 is 1.43 bits per heavy atom. The predicted octanol–water partition coefficient (Wildman–Crippen LogP) is 4.25. The zero-order valence-electron chi connectivity index (χ0n) is 9.10. The summed E-state index contributed by atoms with van der Waals surface area (Å²) in [6, 6.07) is 6.49. The maximum absolute atomic E-state index is 5.89. The van der Waals surface area contributed by atoms with E-state index in [1.54, 1.807) is 0 Å². The number of rotatable bonds is 4. The fourth-order valence-corrected chi connectivity index (χ4v) is 1.79. The lowest BCUT2D eigenvalue weighted by Gasteiger charge is -2.16. The van der Waals surface area contributed by atoms with Crippen LogP contribution in [-0.2, 0) is 0 Å². The minimum absolute atomic E-state index is 0.528. The fourth-order valence-electron chi connectivity index (χ4n) is 1.56. The van der Waals surface area contributed by atoms with Crippen molar-refractivity contribution in [3.05, 3.63) is 28.8 Å². The first-order chi connectivity index (χ1) is 6.63. The van der Waals surface area contributed by atoms with E-state index >= 15 is 0 Å². The maximum atomic E-state index is 5.89. The molecule has 0 aromatic heterocycles. The van der Waals surface area contributed by atoms with Gasteiger partial charge in [0.2, 0.25) is 0 Å². The highest BCUT2D eigenvalue weighted by Gasteiger charge is 2.03. The van der Waals surface area contributed by atoms with Gasteiger partial charge in [0.1, 0.15) is 0 Å². The van der Waals surface area contributed by atoms with Crippen LogP contribution < -0.4 is 5.32 Å². The van der Waals surface area contributed by atoms with E-state index in [9.17, 15) is 0 Å². The first-order valence-electron chi connectivity index (χ1n) is 5.16. The van der Waals surface area contributed by atoms with E-state index in [2.05, 4.69) is 26.1 Å². The average Bonchev–Trinajstić information content (AvgIpc) is 2.10. The number of nitrogens with one attached hydrogen (secondary N) is 1. The lowest BCUT2D eigenvalue weighted by molar-refractivity contribution is 0.690. The normalized spacial score (nSPS) is 12.6. The molecule has 2 heteroatoms. The van der Waals surface area contributed by atoms with Crippen LogP contribution in [0.2, 0.25) is 5.02 Å². The van der Waals surface area contributed by atoms with Crippen LogP contribution in [0, 0.1) is 6.92 Å². The van der Waals surface area contributed by atoms with Crippen molar-refractivity contribution in [2.45, 2.75) is 39.7 Å². The quantitative estimate of drug-likeness (QED) is 0.785. The molecule has 14 heavy (non-hydrogen) atoms. The minimum atomic E-state index is 0.528. The van der Waals surface area contributed by atoms with Gasteiger partial charge in [-0.25, -0.2) is 0 Å². The topological polar surface area (TPSA) is 12.0 Å². The van der Waals surface area contributed by atoms with Crippen molar-refractivity contribution in [2.75, 3.05) is 5.32 Å². The highest BCUT2D eigenvalue weighted by Crippen LogP contribution is 2.20. The number of hydrogen-bond donors (Lipinski definition) is 1. The van der Waals surface area contributed by atoms with Gasteiger partial charge in [0.15, 0.2) is 0 Å². The monoisotopic (exact) mass is 211 g/mol. The van der Waals surface area contributed by atoms with Gasteiger partial charge < -0.3 is 5.32 Å². The van der Waals surface area contributed by atoms with E-state index in [0.717, 1.165) is 5.02 Å². The van der Waals surface area contributed by atoms with Crippen molar-refractivity contribution in [2.24, 2.45) is 0 Å². The Bertz CT molecular complexity index is 296. The molecular weight excluding hydrogens is 194 g/mol. The lowest BCUT2D eigenvalue weighted by atomic mass is 10.1. The summed E-state index contributed by atoms with van der Waals surface area (Å²) in [5, 5.41) is 4.28. The smallest absolute Gasteiger partial charge is 0.0410 e. The predicted molar refractivity (Wildman–Crippen MR) is 64.2 cm³/mol. The zero-order chi connectivity index (χ0) is 10.6. The third-order valence-corrected chi connectivity index (χ3v) is 2.55. The standard InChI is InChI=1S/C12H18ClN/c1-4-5-10(3)14-12-7-6-11(13)8-9(12)2/h6-8,10,14H,4-5H2,1-3H3. The van der Waals surface area contributed by atoms with Gasteiger partial charge in [0.05, 0.1) is 0 Å². The van der Waals surface area contributed by atoms with E-state index in [1.807, 2.05) is 18.2 Å². The summed E-state index contributed by atoms with van der Waals surface area (Å²) in [6.45, 7) is 6.48. The van der Waals surface area contributed by atoms with Crippen LogP contribution in [0.15, 0.2) is 18.2 Å². The van der Waals surface area contributed by atoms with E-state index in [-0.39, 0.29) is 0 Å². The minimum Gasteiger partial charge on any atom is -0.382 e. The molecule has 1 N–H and O–H groups in total. The molecule has 1 atom stereocenters. The Labute approximate surface area is 91.5 Å². The third-order valence-electron chi connectivity index (χ3n) is 2.31. The largest absolute Gasteiger partial charge is 0.382 e. The van der Waals surface area contributed by atoms with Crippen molar-refractivity contribution in [1.82, 2.24) is 0 Å². The van der Waals surface area contributed by atoms with E-state index in [0.29, 0.717) is 6.04 Å². The summed E-state index contributed by atoms with van der Waals surface area (Å²) in [5.41, 5.74) is 2.40. The molecule has 0 aliphatic heterocycles. The molecule has 0 radical (unpaired) electrons. The highest BCUT2D eigenvalue weighted by atomic mass is 35.5. The zero-order valence-corrected chi connectivity index (χ0v) is 9.86. The first kappa shape index (κ1) is 11.4. The van der Waals surface area contributed by atoms with E-state index in [1.165, 1.54) is 24.1 Å². The van der Waals surface area contributed by atoms with Gasteiger partial charge in [-0.15, -0.1) is 0 Å². The molecule has 78 valence electrons. The molecule has 0 amide bonds. The SMILES string of the molecule is CCCC(C)Nc1ccc(Cl)cc1C. The molecule has 0 bridgehead atoms. The Hall–Kier alpha value is -0.690. The van der Waals surface area contributed by atoms with Crippen LogP contribution in [0.3, 0.4) is 0 Å². The molecule has 0 heterocycles. The van der Waals surface area contributed by atoms with Crippen LogP contribution in [0.4, 0.5) is 5.69 Å². The van der Waals surface area contributed by atoms with Crippen LogP contribution in [-0.4, -0.2) is 6.04 Å². The van der Waals surface area contributed by atoms with Gasteiger partial charge in [0, 0.05) is 16.8 Å². The van der Waals surface area contributed by atoms with Gasteiger partial charge in [0.25, 0.3) is 0 Å². The molecule has 1 aromatic carbocycles. The van der Waals surface area contributed by atoms with Gasteiger partial charge in [-0.1, -0.05) is 24.9 Å². The van der Waals surface area contributed by atoms with Crippen LogP contribution in [0.5, 0.6) is 0 Å². The molecule has 0 aliphatic carbocycles. The maximum Gasteiger partial charge on any atom is 0.0410 e. The van der Waals surface area contributed by atoms with Crippen molar-refractivity contribution in [3.8, 4) is 0 Å². The molecule has 0 aliphatic rings. The van der Waals surface area contributed by atoms with E-state index < -0.39 is 0 Å². The number of hydrogen-bond acceptors (Lipinski definition) is 1. The second-order valence-corrected chi connectivity index (χ2v) is 4.23. The molecule has 1 nitrogen and oxygen atoms in total. The van der Waals surface area contributed by atoms with E-state index in [4.69, 9.17) is 11.6 Å². The van der Waals surface area contributed by atoms with Gasteiger partial charge >= 0.3 is 0 Å². The molecule has 0 spiro atoms. The Morgan fingerprint density at radius 2 is 2.14 bits per heavy atom. The Kier molecular flexibility index (Phi) is 4.27. The van der Waals surface area contributed by atoms with Crippen LogP contribution in [0.1, 0.15) is 32.3 Å². The van der Waals surface area contributed by atoms with Gasteiger partial charge in [-0.2, -0.15) is 0 Å². The molecule has 0 saturated heterocycles. The number of anilines is 1. The van der Waals surface area contributed by atoms with Crippen LogP contribution in [0.25, 0.3) is 0 Å². The van der Waals surface area contributed by atoms with Crippen molar-refractivity contribution >= 4 is 17.3 Å². The second-order valence-electron chi connectivity index (χ2n) is 3.79. The Balaban J connectivity index is 2.67. The summed E-state index contributed by atoms with van der Waals surface area (Å²) in [4.78, 5) is 0. The second kappa shape index (κ2) is 5.26. The number of aryl methyl sites for hydroxylation is 1. The average molecular weight is 212 g/mol. The summed E-state index contributed by atoms with van der Waals surface area (Å²) >= 11 is 5.89. The summed E-state index contributed by atoms with van der Waals surface area (Å²) in [7, 11) is 0. The molecule has 0 fully saturated rings. The fraction of sp³-hybridized carbons (Fsp3) is 0.500.